The largest absolute Gasteiger partial charge is 0.388 e. The molecule has 0 aliphatic carbocycles. The smallest absolute Gasteiger partial charge is 0.237 e. The van der Waals surface area contributed by atoms with Crippen molar-refractivity contribution in [3.05, 3.63) is 0 Å². The highest BCUT2D eigenvalue weighted by atomic mass is 35.5. The topological polar surface area (TPSA) is 102 Å². The van der Waals surface area contributed by atoms with Gasteiger partial charge in [-0.25, -0.2) is 0 Å². The third-order valence-electron chi connectivity index (χ3n) is 6.11. The lowest BCUT2D eigenvalue weighted by atomic mass is 9.90. The molecule has 0 aromatic rings. The van der Waals surface area contributed by atoms with E-state index in [1.165, 1.54) is 11.8 Å². The van der Waals surface area contributed by atoms with Gasteiger partial charge in [-0.1, -0.05) is 13.3 Å². The average molecular weight is 439 g/mol. The Hall–Kier alpha value is -0.0900. The molecule has 28 heavy (non-hydrogen) atoms. The number of hydrogen-bond acceptors (Lipinski definition) is 7. The van der Waals surface area contributed by atoms with E-state index in [2.05, 4.69) is 12.2 Å². The van der Waals surface area contributed by atoms with Crippen molar-refractivity contribution in [2.24, 2.45) is 5.92 Å². The predicted octanol–water partition coefficient (Wildman–Crippen LogP) is 0.780. The number of carbonyl (C=O) groups is 1. The van der Waals surface area contributed by atoms with Crippen LogP contribution in [0.15, 0.2) is 0 Å². The van der Waals surface area contributed by atoms with Gasteiger partial charge in [-0.2, -0.15) is 0 Å². The summed E-state index contributed by atoms with van der Waals surface area (Å²) in [6.07, 6.45) is -0.239. The first-order chi connectivity index (χ1) is 13.1. The Balaban J connectivity index is 2.15. The van der Waals surface area contributed by atoms with Gasteiger partial charge in [-0.3, -0.25) is 9.69 Å². The number of likely N-dealkylation sites (N-methyl/N-ethyl adjacent to an activating group) is 1. The molecule has 4 N–H and O–H groups in total. The van der Waals surface area contributed by atoms with Gasteiger partial charge in [0.15, 0.2) is 0 Å². The maximum Gasteiger partial charge on any atom is 0.237 e. The first-order valence-corrected chi connectivity index (χ1v) is 11.6. The molecule has 7 nitrogen and oxygen atoms in total. The number of ether oxygens (including phenoxy) is 1. The number of nitrogens with one attached hydrogen (secondary N) is 1. The Morgan fingerprint density at radius 1 is 1.39 bits per heavy atom. The first-order valence-electron chi connectivity index (χ1n) is 9.97. The van der Waals surface area contributed by atoms with Gasteiger partial charge < -0.3 is 25.4 Å². The summed E-state index contributed by atoms with van der Waals surface area (Å²) in [5.41, 5.74) is 0. The number of carbonyl (C=O) groups excluding carboxylic acids is 1. The molecule has 0 saturated carbocycles. The lowest BCUT2D eigenvalue weighted by molar-refractivity contribution is -0.236. The number of aliphatic hydroxyl groups excluding tert-OH is 3. The molecule has 164 valence electrons. The number of aliphatic hydroxyl groups is 3. The SMILES string of the molecule is CCCC1CC(C(=O)N[C@H](C(C)Cl)[C@H]2O[C@](C)(SC)[C@H](O)[C@@H](O)[C@H]2O)N(C)C1. The van der Waals surface area contributed by atoms with Crippen molar-refractivity contribution >= 4 is 29.3 Å². The van der Waals surface area contributed by atoms with Crippen molar-refractivity contribution in [3.63, 3.8) is 0 Å². The highest BCUT2D eigenvalue weighted by molar-refractivity contribution is 7.99. The number of alkyl halides is 1. The molecule has 1 amide bonds. The monoisotopic (exact) mass is 438 g/mol. The van der Waals surface area contributed by atoms with Crippen LogP contribution in [0.1, 0.15) is 40.0 Å². The van der Waals surface area contributed by atoms with Gasteiger partial charge in [-0.05, 0) is 45.9 Å². The highest BCUT2D eigenvalue weighted by Crippen LogP contribution is 2.39. The van der Waals surface area contributed by atoms with Crippen LogP contribution in [0.3, 0.4) is 0 Å². The third-order valence-corrected chi connectivity index (χ3v) is 7.53. The zero-order chi connectivity index (χ0) is 21.2. The van der Waals surface area contributed by atoms with Crippen LogP contribution in [0.5, 0.6) is 0 Å². The highest BCUT2D eigenvalue weighted by Gasteiger charge is 2.53. The quantitative estimate of drug-likeness (QED) is 0.435. The fourth-order valence-corrected chi connectivity index (χ4v) is 5.10. The van der Waals surface area contributed by atoms with Crippen LogP contribution in [0, 0.1) is 5.92 Å². The van der Waals surface area contributed by atoms with E-state index >= 15 is 0 Å². The minimum absolute atomic E-state index is 0.152. The minimum atomic E-state index is -1.39. The molecule has 2 saturated heterocycles. The zero-order valence-corrected chi connectivity index (χ0v) is 18.9. The molecule has 3 unspecified atom stereocenters. The van der Waals surface area contributed by atoms with E-state index in [0.717, 1.165) is 25.8 Å². The fourth-order valence-electron chi connectivity index (χ4n) is 4.30. The van der Waals surface area contributed by atoms with Gasteiger partial charge >= 0.3 is 0 Å². The molecule has 0 bridgehead atoms. The molecule has 0 aromatic heterocycles. The number of likely N-dealkylation sites (tertiary alicyclic amines) is 1. The molecule has 2 heterocycles. The van der Waals surface area contributed by atoms with E-state index in [-0.39, 0.29) is 11.9 Å². The van der Waals surface area contributed by atoms with Crippen molar-refractivity contribution in [2.45, 2.75) is 86.8 Å². The lowest BCUT2D eigenvalue weighted by Crippen LogP contribution is -2.68. The number of nitrogens with zero attached hydrogens (tertiary/aromatic N) is 1. The summed E-state index contributed by atoms with van der Waals surface area (Å²) >= 11 is 7.60. The second kappa shape index (κ2) is 9.81. The average Bonchev–Trinajstić information content (AvgIpc) is 3.01. The second-order valence-electron chi connectivity index (χ2n) is 8.29. The lowest BCUT2D eigenvalue weighted by Gasteiger charge is -2.49. The molecule has 2 fully saturated rings. The Kier molecular flexibility index (Phi) is 8.47. The Bertz CT molecular complexity index is 542. The first kappa shape index (κ1) is 24.2. The maximum atomic E-state index is 13.0. The Morgan fingerprint density at radius 3 is 2.57 bits per heavy atom. The van der Waals surface area contributed by atoms with Crippen LogP contribution in [-0.4, -0.2) is 92.8 Å². The Morgan fingerprint density at radius 2 is 2.04 bits per heavy atom. The molecule has 9 heteroatoms. The standard InChI is InChI=1S/C19H35ClN2O5S/c1-6-7-11-8-12(22(4)9-11)18(26)21-13(10(2)20)16-14(23)15(24)17(25)19(3,27-16)28-5/h10-17,23-25H,6-9H2,1-5H3,(H,21,26)/t10?,11?,12?,13-,14-,15+,16-,17-,19-/m1/s1. The summed E-state index contributed by atoms with van der Waals surface area (Å²) in [5, 5.41) is 33.6. The van der Waals surface area contributed by atoms with Gasteiger partial charge in [0, 0.05) is 6.54 Å². The molecule has 2 rings (SSSR count). The van der Waals surface area contributed by atoms with E-state index < -0.39 is 40.8 Å². The second-order valence-corrected chi connectivity index (χ2v) is 10.2. The van der Waals surface area contributed by atoms with E-state index in [9.17, 15) is 20.1 Å². The van der Waals surface area contributed by atoms with Gasteiger partial charge in [-0.15, -0.1) is 23.4 Å². The minimum Gasteiger partial charge on any atom is -0.388 e. The number of hydrogen-bond donors (Lipinski definition) is 4. The number of amides is 1. The molecule has 9 atom stereocenters. The number of thioether (sulfide) groups is 1. The van der Waals surface area contributed by atoms with Crippen molar-refractivity contribution < 1.29 is 24.9 Å². The summed E-state index contributed by atoms with van der Waals surface area (Å²) in [7, 11) is 1.94. The van der Waals surface area contributed by atoms with E-state index in [0.29, 0.717) is 5.92 Å². The number of rotatable bonds is 7. The van der Waals surface area contributed by atoms with Crippen LogP contribution in [0.25, 0.3) is 0 Å². The maximum absolute atomic E-state index is 13.0. The van der Waals surface area contributed by atoms with Crippen molar-refractivity contribution in [3.8, 4) is 0 Å². The van der Waals surface area contributed by atoms with Crippen molar-refractivity contribution in [1.82, 2.24) is 10.2 Å². The van der Waals surface area contributed by atoms with E-state index in [1.807, 2.05) is 11.9 Å². The van der Waals surface area contributed by atoms with Crippen LogP contribution in [-0.2, 0) is 9.53 Å². The zero-order valence-electron chi connectivity index (χ0n) is 17.3. The summed E-state index contributed by atoms with van der Waals surface area (Å²) in [6, 6.07) is -0.964. The molecule has 0 radical (unpaired) electrons. The molecule has 0 spiro atoms. The Labute approximate surface area is 177 Å². The molecular weight excluding hydrogens is 404 g/mol. The molecule has 2 aliphatic rings. The van der Waals surface area contributed by atoms with Gasteiger partial charge in [0.25, 0.3) is 0 Å². The summed E-state index contributed by atoms with van der Waals surface area (Å²) < 4.78 is 5.98. The van der Waals surface area contributed by atoms with Gasteiger partial charge in [0.05, 0.1) is 17.5 Å². The molecule has 0 aromatic carbocycles. The predicted molar refractivity (Wildman–Crippen MR) is 111 cm³/mol. The van der Waals surface area contributed by atoms with Crippen LogP contribution >= 0.6 is 23.4 Å². The van der Waals surface area contributed by atoms with Crippen molar-refractivity contribution in [1.29, 1.82) is 0 Å². The van der Waals surface area contributed by atoms with Crippen LogP contribution in [0.2, 0.25) is 0 Å². The summed E-state index contributed by atoms with van der Waals surface area (Å²) in [6.45, 7) is 6.39. The third kappa shape index (κ3) is 4.96. The summed E-state index contributed by atoms with van der Waals surface area (Å²) in [4.78, 5) is 13.9. The molecule has 2 aliphatic heterocycles. The van der Waals surface area contributed by atoms with E-state index in [1.54, 1.807) is 20.1 Å². The van der Waals surface area contributed by atoms with Crippen LogP contribution < -0.4 is 5.32 Å². The van der Waals surface area contributed by atoms with Gasteiger partial charge in [0.1, 0.15) is 29.3 Å². The fraction of sp³-hybridized carbons (Fsp3) is 0.947. The van der Waals surface area contributed by atoms with E-state index in [4.69, 9.17) is 16.3 Å². The number of halogens is 1. The summed E-state index contributed by atoms with van der Waals surface area (Å²) in [5.74, 6) is 0.340. The normalized spacial score (nSPS) is 41.6. The molecular formula is C19H35ClN2O5S. The van der Waals surface area contributed by atoms with Crippen LogP contribution in [0.4, 0.5) is 0 Å². The van der Waals surface area contributed by atoms with Gasteiger partial charge in [0.2, 0.25) is 5.91 Å². The van der Waals surface area contributed by atoms with Crippen molar-refractivity contribution in [2.75, 3.05) is 19.8 Å².